The lowest BCUT2D eigenvalue weighted by molar-refractivity contribution is -0.170. The lowest BCUT2D eigenvalue weighted by Gasteiger charge is -2.51. The highest BCUT2D eigenvalue weighted by Crippen LogP contribution is 2.77. The van der Waals surface area contributed by atoms with Crippen molar-refractivity contribution < 1.29 is 24.2 Å². The van der Waals surface area contributed by atoms with Gasteiger partial charge in [0.15, 0.2) is 0 Å². The standard InChI is InChI=1S/C22H32O5/c1-12-10-22-11-13(12)14(23)9-15(22)20(2)7-6-8-21(3,19(25)27-5)17(20)16(22)18(24)26-4/h13-17,23H,1,6-11H2,2-5H3/t13-,14+,15-,16+,17-,20-,21+,22-/m0/s1. The minimum atomic E-state index is -0.711. The zero-order valence-corrected chi connectivity index (χ0v) is 16.9. The molecule has 0 aromatic carbocycles. The van der Waals surface area contributed by atoms with Crippen molar-refractivity contribution >= 4 is 11.9 Å². The summed E-state index contributed by atoms with van der Waals surface area (Å²) < 4.78 is 10.5. The van der Waals surface area contributed by atoms with Gasteiger partial charge in [0.2, 0.25) is 0 Å². The monoisotopic (exact) mass is 376 g/mol. The fourth-order valence-corrected chi connectivity index (χ4v) is 8.18. The van der Waals surface area contributed by atoms with Crippen molar-refractivity contribution in [2.75, 3.05) is 14.2 Å². The van der Waals surface area contributed by atoms with Gasteiger partial charge in [-0.3, -0.25) is 9.59 Å². The first-order chi connectivity index (χ1) is 12.7. The minimum absolute atomic E-state index is 0.0570. The van der Waals surface area contributed by atoms with Crippen LogP contribution in [0.3, 0.4) is 0 Å². The zero-order chi connectivity index (χ0) is 19.8. The van der Waals surface area contributed by atoms with Crippen LogP contribution < -0.4 is 0 Å². The van der Waals surface area contributed by atoms with Crippen molar-refractivity contribution in [3.63, 3.8) is 0 Å². The molecule has 0 radical (unpaired) electrons. The molecule has 0 aromatic rings. The van der Waals surface area contributed by atoms with Crippen LogP contribution in [0.1, 0.15) is 52.4 Å². The Morgan fingerprint density at radius 2 is 1.89 bits per heavy atom. The Morgan fingerprint density at radius 3 is 2.52 bits per heavy atom. The number of methoxy groups -OCH3 is 2. The molecule has 2 bridgehead atoms. The summed E-state index contributed by atoms with van der Waals surface area (Å²) in [5.41, 5.74) is -0.109. The topological polar surface area (TPSA) is 72.8 Å². The summed E-state index contributed by atoms with van der Waals surface area (Å²) in [4.78, 5) is 26.1. The van der Waals surface area contributed by atoms with E-state index in [2.05, 4.69) is 13.5 Å². The molecule has 1 spiro atoms. The first-order valence-corrected chi connectivity index (χ1v) is 10.2. The zero-order valence-electron chi connectivity index (χ0n) is 16.9. The number of carbonyl (C=O) groups excluding carboxylic acids is 2. The molecule has 0 unspecified atom stereocenters. The highest BCUT2D eigenvalue weighted by atomic mass is 16.5. The van der Waals surface area contributed by atoms with E-state index < -0.39 is 11.5 Å². The third kappa shape index (κ3) is 2.15. The molecule has 0 aromatic heterocycles. The van der Waals surface area contributed by atoms with Gasteiger partial charge >= 0.3 is 11.9 Å². The van der Waals surface area contributed by atoms with Crippen molar-refractivity contribution in [2.24, 2.45) is 39.9 Å². The quantitative estimate of drug-likeness (QED) is 0.592. The normalized spacial score (nSPS) is 50.7. The number of carbonyl (C=O) groups is 2. The molecule has 4 aliphatic carbocycles. The molecule has 8 atom stereocenters. The fourth-order valence-electron chi connectivity index (χ4n) is 8.18. The number of ether oxygens (including phenoxy) is 2. The van der Waals surface area contributed by atoms with Crippen molar-refractivity contribution in [3.8, 4) is 0 Å². The van der Waals surface area contributed by atoms with Crippen molar-refractivity contribution in [2.45, 2.75) is 58.5 Å². The second kappa shape index (κ2) is 5.82. The predicted molar refractivity (Wildman–Crippen MR) is 99.5 cm³/mol. The number of rotatable bonds is 2. The van der Waals surface area contributed by atoms with Gasteiger partial charge in [-0.1, -0.05) is 25.5 Å². The number of hydrogen-bond donors (Lipinski definition) is 1. The second-order valence-corrected chi connectivity index (χ2v) is 9.98. The maximum atomic E-state index is 13.2. The molecule has 5 heteroatoms. The Morgan fingerprint density at radius 1 is 1.19 bits per heavy atom. The summed E-state index contributed by atoms with van der Waals surface area (Å²) in [6, 6.07) is 0. The Labute approximate surface area is 161 Å². The predicted octanol–water partition coefficient (Wildman–Crippen LogP) is 3.11. The minimum Gasteiger partial charge on any atom is -0.469 e. The average Bonchev–Trinajstić information content (AvgIpc) is 3.05. The molecule has 0 heterocycles. The number of fused-ring (bicyclic) bond motifs is 3. The summed E-state index contributed by atoms with van der Waals surface area (Å²) >= 11 is 0. The smallest absolute Gasteiger partial charge is 0.311 e. The number of aliphatic hydroxyl groups excluding tert-OH is 1. The van der Waals surface area contributed by atoms with Gasteiger partial charge in [0, 0.05) is 5.92 Å². The molecular weight excluding hydrogens is 344 g/mol. The van der Waals surface area contributed by atoms with Gasteiger partial charge in [0.1, 0.15) is 0 Å². The first-order valence-electron chi connectivity index (χ1n) is 10.2. The lowest BCUT2D eigenvalue weighted by Crippen LogP contribution is -2.51. The second-order valence-electron chi connectivity index (χ2n) is 9.98. The molecule has 4 fully saturated rings. The van der Waals surface area contributed by atoms with E-state index in [4.69, 9.17) is 9.47 Å². The van der Waals surface area contributed by atoms with Crippen LogP contribution >= 0.6 is 0 Å². The molecule has 0 amide bonds. The molecule has 4 aliphatic rings. The molecule has 27 heavy (non-hydrogen) atoms. The molecule has 150 valence electrons. The van der Waals surface area contributed by atoms with Gasteiger partial charge in [-0.2, -0.15) is 0 Å². The van der Waals surface area contributed by atoms with Gasteiger partial charge in [-0.05, 0) is 61.7 Å². The van der Waals surface area contributed by atoms with E-state index in [1.165, 1.54) is 14.2 Å². The van der Waals surface area contributed by atoms with E-state index >= 15 is 0 Å². The highest BCUT2D eigenvalue weighted by Gasteiger charge is 2.76. The Kier molecular flexibility index (Phi) is 4.09. The van der Waals surface area contributed by atoms with Crippen molar-refractivity contribution in [1.29, 1.82) is 0 Å². The summed E-state index contributed by atoms with van der Waals surface area (Å²) in [5, 5.41) is 10.8. The summed E-state index contributed by atoms with van der Waals surface area (Å²) in [7, 11) is 2.88. The van der Waals surface area contributed by atoms with Gasteiger partial charge in [-0.25, -0.2) is 0 Å². The van der Waals surface area contributed by atoms with Crippen LogP contribution in [0.25, 0.3) is 0 Å². The van der Waals surface area contributed by atoms with Crippen LogP contribution in [0.15, 0.2) is 12.2 Å². The molecule has 0 aliphatic heterocycles. The Hall–Kier alpha value is -1.36. The molecule has 5 nitrogen and oxygen atoms in total. The van der Waals surface area contributed by atoms with Gasteiger partial charge < -0.3 is 14.6 Å². The third-order valence-corrected chi connectivity index (χ3v) is 8.98. The number of esters is 2. The van der Waals surface area contributed by atoms with Crippen LogP contribution in [-0.2, 0) is 19.1 Å². The maximum Gasteiger partial charge on any atom is 0.311 e. The summed E-state index contributed by atoms with van der Waals surface area (Å²) in [6.45, 7) is 8.46. The van der Waals surface area contributed by atoms with Crippen LogP contribution in [-0.4, -0.2) is 37.4 Å². The molecular formula is C22H32O5. The van der Waals surface area contributed by atoms with Gasteiger partial charge in [0.05, 0.1) is 31.7 Å². The average molecular weight is 376 g/mol. The van der Waals surface area contributed by atoms with Crippen LogP contribution in [0.5, 0.6) is 0 Å². The lowest BCUT2D eigenvalue weighted by atomic mass is 9.53. The van der Waals surface area contributed by atoms with E-state index in [-0.39, 0.29) is 46.4 Å². The van der Waals surface area contributed by atoms with E-state index in [1.54, 1.807) is 0 Å². The van der Waals surface area contributed by atoms with Crippen LogP contribution in [0.2, 0.25) is 0 Å². The van der Waals surface area contributed by atoms with Crippen molar-refractivity contribution in [1.82, 2.24) is 0 Å². The maximum absolute atomic E-state index is 13.2. The van der Waals surface area contributed by atoms with Crippen LogP contribution in [0.4, 0.5) is 0 Å². The molecule has 0 saturated heterocycles. The number of aliphatic hydroxyl groups is 1. The Bertz CT molecular complexity index is 701. The molecule has 4 saturated carbocycles. The number of hydrogen-bond acceptors (Lipinski definition) is 5. The van der Waals surface area contributed by atoms with Crippen LogP contribution in [0, 0.1) is 39.9 Å². The largest absolute Gasteiger partial charge is 0.469 e. The van der Waals surface area contributed by atoms with Gasteiger partial charge in [0.25, 0.3) is 0 Å². The van der Waals surface area contributed by atoms with E-state index in [0.717, 1.165) is 37.7 Å². The molecule has 1 N–H and O–H groups in total. The summed E-state index contributed by atoms with van der Waals surface area (Å²) in [6.07, 6.45) is 4.43. The summed E-state index contributed by atoms with van der Waals surface area (Å²) in [5.74, 6) is -0.682. The van der Waals surface area contributed by atoms with E-state index in [9.17, 15) is 14.7 Å². The van der Waals surface area contributed by atoms with E-state index in [1.807, 2.05) is 6.92 Å². The Balaban J connectivity index is 1.92. The first kappa shape index (κ1) is 19.0. The van der Waals surface area contributed by atoms with Gasteiger partial charge in [-0.15, -0.1) is 0 Å². The molecule has 4 rings (SSSR count). The third-order valence-electron chi connectivity index (χ3n) is 8.98. The fraction of sp³-hybridized carbons (Fsp3) is 0.818. The highest BCUT2D eigenvalue weighted by molar-refractivity contribution is 5.81. The van der Waals surface area contributed by atoms with E-state index in [0.29, 0.717) is 6.42 Å². The SMILES string of the molecule is C=C1C[C@]23C[C@@H]1[C@H](O)C[C@H]2[C@]1(C)CCC[C@@](C)(C(=O)OC)[C@H]1[C@@H]3C(=O)OC. The van der Waals surface area contributed by atoms with Crippen molar-refractivity contribution in [3.05, 3.63) is 12.2 Å².